The molecule has 3 aromatic rings. The molecule has 0 fully saturated rings. The molecule has 138 valence electrons. The van der Waals surface area contributed by atoms with Crippen LogP contribution in [-0.2, 0) is 19.3 Å². The third-order valence-corrected chi connectivity index (χ3v) is 7.43. The molecule has 1 aliphatic carbocycles. The van der Waals surface area contributed by atoms with Gasteiger partial charge in [0.1, 0.15) is 16.2 Å². The third kappa shape index (κ3) is 3.36. The number of hydrogen-bond acceptors (Lipinski definition) is 5. The maximum absolute atomic E-state index is 5.11. The smallest absolute Gasteiger partial charge is 0.126 e. The third-order valence-electron chi connectivity index (χ3n) is 5.20. The molecule has 0 unspecified atom stereocenters. The van der Waals surface area contributed by atoms with Gasteiger partial charge in [0.2, 0.25) is 0 Å². The Kier molecular flexibility index (Phi) is 5.46. The first-order valence-electron chi connectivity index (χ1n) is 9.89. The van der Waals surface area contributed by atoms with Crippen molar-refractivity contribution in [1.29, 1.82) is 0 Å². The van der Waals surface area contributed by atoms with Crippen molar-refractivity contribution >= 4 is 43.5 Å². The molecule has 0 atom stereocenters. The summed E-state index contributed by atoms with van der Waals surface area (Å²) < 4.78 is 1.24. The van der Waals surface area contributed by atoms with Crippen molar-refractivity contribution in [3.05, 3.63) is 23.1 Å². The van der Waals surface area contributed by atoms with Gasteiger partial charge in [-0.25, -0.2) is 15.0 Å². The molecule has 4 rings (SSSR count). The molecule has 0 aliphatic heterocycles. The van der Waals surface area contributed by atoms with Crippen LogP contribution in [-0.4, -0.2) is 20.7 Å². The molecule has 26 heavy (non-hydrogen) atoms. The van der Waals surface area contributed by atoms with Gasteiger partial charge in [-0.1, -0.05) is 27.2 Å². The highest BCUT2D eigenvalue weighted by molar-refractivity contribution is 7.99. The fraction of sp³-hybridized carbons (Fsp3) is 0.571. The first kappa shape index (κ1) is 18.2. The van der Waals surface area contributed by atoms with Crippen LogP contribution in [0.5, 0.6) is 0 Å². The van der Waals surface area contributed by atoms with Gasteiger partial charge in [0.05, 0.1) is 10.2 Å². The van der Waals surface area contributed by atoms with E-state index >= 15 is 0 Å². The molecule has 1 aliphatic rings. The highest BCUT2D eigenvalue weighted by atomic mass is 32.2. The summed E-state index contributed by atoms with van der Waals surface area (Å²) in [5, 5.41) is 2.47. The summed E-state index contributed by atoms with van der Waals surface area (Å²) in [7, 11) is 0. The van der Waals surface area contributed by atoms with Crippen molar-refractivity contribution in [2.24, 2.45) is 5.92 Å². The van der Waals surface area contributed by atoms with Crippen LogP contribution in [0, 0.1) is 5.92 Å². The molecule has 0 saturated carbocycles. The zero-order valence-electron chi connectivity index (χ0n) is 16.0. The molecule has 0 bridgehead atoms. The SMILES string of the molecule is CCCc1nc2sc3c(SCCC(C)C)ncnc3c2c2c1CCCC2. The second-order valence-electron chi connectivity index (χ2n) is 7.64. The van der Waals surface area contributed by atoms with Crippen LogP contribution in [0.15, 0.2) is 11.4 Å². The van der Waals surface area contributed by atoms with Crippen molar-refractivity contribution in [3.63, 3.8) is 0 Å². The molecule has 0 saturated heterocycles. The molecule has 3 aromatic heterocycles. The van der Waals surface area contributed by atoms with Gasteiger partial charge in [-0.3, -0.25) is 0 Å². The summed E-state index contributed by atoms with van der Waals surface area (Å²) in [6.45, 7) is 6.81. The number of pyridine rings is 1. The van der Waals surface area contributed by atoms with Crippen LogP contribution < -0.4 is 0 Å². The fourth-order valence-corrected chi connectivity index (χ4v) is 6.35. The minimum absolute atomic E-state index is 0.729. The Morgan fingerprint density at radius 3 is 2.73 bits per heavy atom. The van der Waals surface area contributed by atoms with E-state index in [0.29, 0.717) is 0 Å². The average Bonchev–Trinajstić information content (AvgIpc) is 3.01. The van der Waals surface area contributed by atoms with Crippen LogP contribution >= 0.6 is 23.1 Å². The molecule has 0 aromatic carbocycles. The minimum atomic E-state index is 0.729. The molecule has 0 amide bonds. The number of aryl methyl sites for hydroxylation is 2. The summed E-state index contributed by atoms with van der Waals surface area (Å²) in [5.74, 6) is 1.84. The van der Waals surface area contributed by atoms with Gasteiger partial charge in [0.25, 0.3) is 0 Å². The van der Waals surface area contributed by atoms with Crippen LogP contribution in [0.1, 0.15) is 63.3 Å². The quantitative estimate of drug-likeness (QED) is 0.373. The Hall–Kier alpha value is -1.20. The molecule has 0 spiro atoms. The number of thiophene rings is 1. The lowest BCUT2D eigenvalue weighted by atomic mass is 9.88. The summed E-state index contributed by atoms with van der Waals surface area (Å²) in [6, 6.07) is 0. The van der Waals surface area contributed by atoms with E-state index in [1.807, 2.05) is 11.8 Å². The summed E-state index contributed by atoms with van der Waals surface area (Å²) in [6.07, 6.45) is 10.2. The van der Waals surface area contributed by atoms with Gasteiger partial charge >= 0.3 is 0 Å². The summed E-state index contributed by atoms with van der Waals surface area (Å²) in [4.78, 5) is 15.6. The normalized spacial score (nSPS) is 14.5. The van der Waals surface area contributed by atoms with Crippen molar-refractivity contribution in [2.45, 2.75) is 70.7 Å². The first-order chi connectivity index (χ1) is 12.7. The number of hydrogen-bond donors (Lipinski definition) is 0. The number of fused-ring (bicyclic) bond motifs is 5. The predicted molar refractivity (Wildman–Crippen MR) is 114 cm³/mol. The number of thioether (sulfide) groups is 1. The molecule has 3 heterocycles. The molecule has 0 radical (unpaired) electrons. The maximum atomic E-state index is 5.11. The zero-order valence-corrected chi connectivity index (χ0v) is 17.6. The Balaban J connectivity index is 1.86. The Bertz CT molecular complexity index is 930. The first-order valence-corrected chi connectivity index (χ1v) is 11.7. The standard InChI is InChI=1S/C21H27N3S2/c1-4-7-16-14-8-5-6-9-15(14)17-18-19(26-20(17)24-16)21(23-12-22-18)25-11-10-13(2)3/h12-13H,4-11H2,1-3H3. The van der Waals surface area contributed by atoms with E-state index in [-0.39, 0.29) is 0 Å². The highest BCUT2D eigenvalue weighted by Crippen LogP contribution is 2.41. The lowest BCUT2D eigenvalue weighted by Gasteiger charge is -2.19. The van der Waals surface area contributed by atoms with Gasteiger partial charge in [0.15, 0.2) is 0 Å². The van der Waals surface area contributed by atoms with Crippen molar-refractivity contribution in [1.82, 2.24) is 15.0 Å². The summed E-state index contributed by atoms with van der Waals surface area (Å²) in [5.41, 5.74) is 5.54. The van der Waals surface area contributed by atoms with E-state index in [9.17, 15) is 0 Å². The Morgan fingerprint density at radius 2 is 1.96 bits per heavy atom. The second kappa shape index (κ2) is 7.81. The van der Waals surface area contributed by atoms with E-state index in [2.05, 4.69) is 25.8 Å². The van der Waals surface area contributed by atoms with Crippen LogP contribution in [0.2, 0.25) is 0 Å². The fourth-order valence-electron chi connectivity index (χ4n) is 3.85. The monoisotopic (exact) mass is 385 g/mol. The van der Waals surface area contributed by atoms with Crippen LogP contribution in [0.3, 0.4) is 0 Å². The van der Waals surface area contributed by atoms with Gasteiger partial charge in [-0.2, -0.15) is 0 Å². The van der Waals surface area contributed by atoms with Crippen LogP contribution in [0.4, 0.5) is 0 Å². The largest absolute Gasteiger partial charge is 0.242 e. The molecule has 3 nitrogen and oxygen atoms in total. The van der Waals surface area contributed by atoms with E-state index in [1.165, 1.54) is 63.8 Å². The van der Waals surface area contributed by atoms with Crippen molar-refractivity contribution < 1.29 is 0 Å². The second-order valence-corrected chi connectivity index (χ2v) is 9.73. The Morgan fingerprint density at radius 1 is 1.15 bits per heavy atom. The van der Waals surface area contributed by atoms with Crippen molar-refractivity contribution in [2.75, 3.05) is 5.75 Å². The highest BCUT2D eigenvalue weighted by Gasteiger charge is 2.22. The maximum Gasteiger partial charge on any atom is 0.126 e. The van der Waals surface area contributed by atoms with E-state index < -0.39 is 0 Å². The van der Waals surface area contributed by atoms with Gasteiger partial charge < -0.3 is 0 Å². The minimum Gasteiger partial charge on any atom is -0.242 e. The van der Waals surface area contributed by atoms with Gasteiger partial charge in [-0.15, -0.1) is 23.1 Å². The topological polar surface area (TPSA) is 38.7 Å². The van der Waals surface area contributed by atoms with E-state index in [1.54, 1.807) is 17.7 Å². The lowest BCUT2D eigenvalue weighted by molar-refractivity contribution is 0.632. The van der Waals surface area contributed by atoms with Crippen molar-refractivity contribution in [3.8, 4) is 0 Å². The average molecular weight is 386 g/mol. The van der Waals surface area contributed by atoms with Gasteiger partial charge in [0, 0.05) is 11.1 Å². The molecule has 5 heteroatoms. The molecule has 0 N–H and O–H groups in total. The number of nitrogens with zero attached hydrogens (tertiary/aromatic N) is 3. The predicted octanol–water partition coefficient (Wildman–Crippen LogP) is 6.21. The number of aromatic nitrogens is 3. The molecular formula is C21H27N3S2. The summed E-state index contributed by atoms with van der Waals surface area (Å²) >= 11 is 3.68. The zero-order chi connectivity index (χ0) is 18.1. The van der Waals surface area contributed by atoms with E-state index in [4.69, 9.17) is 9.97 Å². The lowest BCUT2D eigenvalue weighted by Crippen LogP contribution is -2.09. The number of rotatable bonds is 6. The molecular weight excluding hydrogens is 358 g/mol. The Labute approximate surface area is 164 Å². The van der Waals surface area contributed by atoms with Crippen LogP contribution in [0.25, 0.3) is 20.4 Å². The van der Waals surface area contributed by atoms with E-state index in [0.717, 1.165) is 35.1 Å². The van der Waals surface area contributed by atoms with Gasteiger partial charge in [-0.05, 0) is 61.3 Å².